The van der Waals surface area contributed by atoms with E-state index < -0.39 is 12.1 Å². The molecule has 3 aromatic carbocycles. The molecule has 7 rings (SSSR count). The maximum Gasteiger partial charge on any atom is 0.246 e. The first-order chi connectivity index (χ1) is 20.6. The zero-order valence-corrected chi connectivity index (χ0v) is 24.1. The summed E-state index contributed by atoms with van der Waals surface area (Å²) in [4.78, 5) is 38.2. The maximum atomic E-state index is 14.3. The van der Waals surface area contributed by atoms with E-state index in [1.807, 2.05) is 52.3 Å². The molecule has 1 unspecified atom stereocenters. The number of methoxy groups -OCH3 is 2. The lowest BCUT2D eigenvalue weighted by Crippen LogP contribution is -2.65. The average molecular weight is 565 g/mol. The Morgan fingerprint density at radius 2 is 1.67 bits per heavy atom. The molecule has 1 N–H and O–H groups in total. The molecular formula is C34H36N4O4. The van der Waals surface area contributed by atoms with Gasteiger partial charge < -0.3 is 24.3 Å². The SMILES string of the molecule is COc1ccc(C2c3[nH]c4ccccc4c3C[C@@H]3C(=O)N(C4CCN(Cc5ccccc5)CC4)CC(=O)N23)c(OC)c1. The number of hydrogen-bond acceptors (Lipinski definition) is 5. The first-order valence-corrected chi connectivity index (χ1v) is 14.7. The smallest absolute Gasteiger partial charge is 0.246 e. The fourth-order valence-electron chi connectivity index (χ4n) is 7.20. The summed E-state index contributed by atoms with van der Waals surface area (Å²) in [5, 5.41) is 1.09. The quantitative estimate of drug-likeness (QED) is 0.372. The number of rotatable bonds is 6. The molecule has 0 aliphatic carbocycles. The number of piperidine rings is 1. The topological polar surface area (TPSA) is 78.1 Å². The van der Waals surface area contributed by atoms with Crippen molar-refractivity contribution in [3.8, 4) is 11.5 Å². The molecule has 2 saturated heterocycles. The van der Waals surface area contributed by atoms with Crippen molar-refractivity contribution in [2.45, 2.75) is 43.9 Å². The van der Waals surface area contributed by atoms with Crippen LogP contribution in [0.25, 0.3) is 10.9 Å². The second-order valence-electron chi connectivity index (χ2n) is 11.6. The lowest BCUT2D eigenvalue weighted by molar-refractivity contribution is -0.161. The van der Waals surface area contributed by atoms with E-state index in [4.69, 9.17) is 9.47 Å². The maximum absolute atomic E-state index is 14.3. The van der Waals surface area contributed by atoms with Crippen molar-refractivity contribution >= 4 is 22.7 Å². The van der Waals surface area contributed by atoms with Crippen LogP contribution in [0.5, 0.6) is 11.5 Å². The number of nitrogens with one attached hydrogen (secondary N) is 1. The van der Waals surface area contributed by atoms with Gasteiger partial charge in [0, 0.05) is 60.3 Å². The molecule has 0 bridgehead atoms. The van der Waals surface area contributed by atoms with Gasteiger partial charge in [-0.15, -0.1) is 0 Å². The van der Waals surface area contributed by atoms with E-state index in [2.05, 4.69) is 40.2 Å². The van der Waals surface area contributed by atoms with E-state index in [-0.39, 0.29) is 24.4 Å². The number of aromatic nitrogens is 1. The summed E-state index contributed by atoms with van der Waals surface area (Å²) in [6.07, 6.45) is 2.22. The Hall–Kier alpha value is -4.30. The summed E-state index contributed by atoms with van der Waals surface area (Å²) < 4.78 is 11.3. The minimum atomic E-state index is -0.572. The first kappa shape index (κ1) is 26.6. The molecule has 2 fully saturated rings. The lowest BCUT2D eigenvalue weighted by atomic mass is 9.85. The Morgan fingerprint density at radius 3 is 2.43 bits per heavy atom. The summed E-state index contributed by atoms with van der Waals surface area (Å²) in [6, 6.07) is 23.4. The number of benzene rings is 3. The molecule has 4 heterocycles. The highest BCUT2D eigenvalue weighted by molar-refractivity contribution is 5.98. The van der Waals surface area contributed by atoms with Gasteiger partial charge >= 0.3 is 0 Å². The van der Waals surface area contributed by atoms with Crippen LogP contribution in [0.1, 0.15) is 41.3 Å². The van der Waals surface area contributed by atoms with Crippen molar-refractivity contribution in [3.63, 3.8) is 0 Å². The molecule has 4 aromatic rings. The van der Waals surface area contributed by atoms with Crippen molar-refractivity contribution in [2.24, 2.45) is 0 Å². The van der Waals surface area contributed by atoms with Gasteiger partial charge in [-0.3, -0.25) is 14.5 Å². The normalized spacial score (nSPS) is 21.4. The van der Waals surface area contributed by atoms with E-state index in [0.29, 0.717) is 17.9 Å². The van der Waals surface area contributed by atoms with Crippen LogP contribution in [-0.2, 0) is 22.6 Å². The summed E-state index contributed by atoms with van der Waals surface area (Å²) in [7, 11) is 3.24. The Balaban J connectivity index is 1.21. The molecule has 3 aliphatic rings. The van der Waals surface area contributed by atoms with Gasteiger partial charge in [0.2, 0.25) is 11.8 Å². The van der Waals surface area contributed by atoms with Crippen molar-refractivity contribution in [1.29, 1.82) is 0 Å². The van der Waals surface area contributed by atoms with Crippen molar-refractivity contribution in [3.05, 3.63) is 95.2 Å². The summed E-state index contributed by atoms with van der Waals surface area (Å²) >= 11 is 0. The molecular weight excluding hydrogens is 528 g/mol. The predicted octanol–water partition coefficient (Wildman–Crippen LogP) is 4.53. The highest BCUT2D eigenvalue weighted by atomic mass is 16.5. The lowest BCUT2D eigenvalue weighted by Gasteiger charge is -2.49. The molecule has 1 aromatic heterocycles. The number of aromatic amines is 1. The number of carbonyl (C=O) groups excluding carboxylic acids is 2. The van der Waals surface area contributed by atoms with E-state index in [0.717, 1.165) is 60.2 Å². The third kappa shape index (κ3) is 4.50. The number of fused-ring (bicyclic) bond motifs is 4. The molecule has 0 radical (unpaired) electrons. The van der Waals surface area contributed by atoms with Gasteiger partial charge in [-0.1, -0.05) is 48.5 Å². The van der Waals surface area contributed by atoms with Gasteiger partial charge in [0.1, 0.15) is 30.1 Å². The van der Waals surface area contributed by atoms with Gasteiger partial charge in [0.25, 0.3) is 0 Å². The van der Waals surface area contributed by atoms with Gasteiger partial charge in [-0.2, -0.15) is 0 Å². The third-order valence-corrected chi connectivity index (χ3v) is 9.28. The number of carbonyl (C=O) groups is 2. The fourth-order valence-corrected chi connectivity index (χ4v) is 7.20. The van der Waals surface area contributed by atoms with Crippen molar-refractivity contribution in [1.82, 2.24) is 19.7 Å². The van der Waals surface area contributed by atoms with E-state index in [1.165, 1.54) is 5.56 Å². The zero-order valence-electron chi connectivity index (χ0n) is 24.1. The van der Waals surface area contributed by atoms with E-state index in [1.54, 1.807) is 14.2 Å². The van der Waals surface area contributed by atoms with Crippen molar-refractivity contribution in [2.75, 3.05) is 33.9 Å². The summed E-state index contributed by atoms with van der Waals surface area (Å²) in [5.41, 5.74) is 5.17. The van der Waals surface area contributed by atoms with Gasteiger partial charge in [-0.05, 0) is 42.2 Å². The number of hydrogen-bond donors (Lipinski definition) is 1. The van der Waals surface area contributed by atoms with Crippen LogP contribution in [0.3, 0.4) is 0 Å². The van der Waals surface area contributed by atoms with Crippen LogP contribution in [0.2, 0.25) is 0 Å². The second kappa shape index (κ2) is 10.8. The number of H-pyrrole nitrogens is 1. The minimum absolute atomic E-state index is 0.0292. The number of ether oxygens (including phenoxy) is 2. The standard InChI is InChI=1S/C34H36N4O4/c1-41-24-12-13-26(30(18-24)42-2)33-32-27(25-10-6-7-11-28(25)35-32)19-29-34(40)37(21-31(39)38(29)33)23-14-16-36(17-15-23)20-22-8-4-3-5-9-22/h3-13,18,23,29,33,35H,14-17,19-21H2,1-2H3/t29-,33?/m1/s1. The van der Waals surface area contributed by atoms with Crippen LogP contribution in [0.15, 0.2) is 72.8 Å². The van der Waals surface area contributed by atoms with Crippen LogP contribution < -0.4 is 9.47 Å². The van der Waals surface area contributed by atoms with Gasteiger partial charge in [-0.25, -0.2) is 0 Å². The minimum Gasteiger partial charge on any atom is -0.497 e. The van der Waals surface area contributed by atoms with Crippen LogP contribution >= 0.6 is 0 Å². The highest BCUT2D eigenvalue weighted by Crippen LogP contribution is 2.46. The fraction of sp³-hybridized carbons (Fsp3) is 0.353. The summed E-state index contributed by atoms with van der Waals surface area (Å²) in [6.45, 7) is 2.82. The Kier molecular flexibility index (Phi) is 6.86. The monoisotopic (exact) mass is 564 g/mol. The van der Waals surface area contributed by atoms with Gasteiger partial charge in [0.05, 0.1) is 14.2 Å². The number of piperazine rings is 1. The highest BCUT2D eigenvalue weighted by Gasteiger charge is 2.50. The van der Waals surface area contributed by atoms with E-state index >= 15 is 0 Å². The third-order valence-electron chi connectivity index (χ3n) is 9.28. The molecule has 0 saturated carbocycles. The van der Waals surface area contributed by atoms with Crippen LogP contribution in [0.4, 0.5) is 0 Å². The largest absolute Gasteiger partial charge is 0.497 e. The number of amides is 2. The summed E-state index contributed by atoms with van der Waals surface area (Å²) in [5.74, 6) is 1.31. The van der Waals surface area contributed by atoms with Crippen molar-refractivity contribution < 1.29 is 19.1 Å². The molecule has 8 nitrogen and oxygen atoms in total. The Bertz CT molecular complexity index is 1630. The van der Waals surface area contributed by atoms with Crippen LogP contribution in [0, 0.1) is 0 Å². The average Bonchev–Trinajstić information content (AvgIpc) is 3.41. The second-order valence-corrected chi connectivity index (χ2v) is 11.6. The molecule has 0 spiro atoms. The van der Waals surface area contributed by atoms with E-state index in [9.17, 15) is 9.59 Å². The van der Waals surface area contributed by atoms with Crippen LogP contribution in [-0.4, -0.2) is 77.4 Å². The first-order valence-electron chi connectivity index (χ1n) is 14.7. The predicted molar refractivity (Wildman–Crippen MR) is 160 cm³/mol. The molecule has 3 aliphatic heterocycles. The number of nitrogens with zero attached hydrogens (tertiary/aromatic N) is 3. The Labute approximate surface area is 245 Å². The molecule has 2 amide bonds. The molecule has 2 atom stereocenters. The molecule has 42 heavy (non-hydrogen) atoms. The molecule has 8 heteroatoms. The van der Waals surface area contributed by atoms with Gasteiger partial charge in [0.15, 0.2) is 0 Å². The number of likely N-dealkylation sites (tertiary alicyclic amines) is 1. The Morgan fingerprint density at radius 1 is 0.905 bits per heavy atom. The molecule has 216 valence electrons. The zero-order chi connectivity index (χ0) is 28.8. The number of para-hydroxylation sites is 1.